The number of aromatic nitrogens is 4. The van der Waals surface area contributed by atoms with Crippen molar-refractivity contribution in [3.05, 3.63) is 70.3 Å². The maximum absolute atomic E-state index is 12.3. The van der Waals surface area contributed by atoms with E-state index in [4.69, 9.17) is 0 Å². The quantitative estimate of drug-likeness (QED) is 0.458. The molecule has 1 unspecified atom stereocenters. The molecule has 0 radical (unpaired) electrons. The Morgan fingerprint density at radius 2 is 2.22 bits per heavy atom. The number of amides is 1. The molecule has 3 heterocycles. The second-order valence-corrected chi connectivity index (χ2v) is 7.04. The lowest BCUT2D eigenvalue weighted by molar-refractivity contribution is 0.0949. The van der Waals surface area contributed by atoms with Gasteiger partial charge in [0, 0.05) is 23.6 Å². The number of aliphatic hydroxyl groups is 1. The minimum Gasteiger partial charge on any atom is -0.386 e. The third-order valence-electron chi connectivity index (χ3n) is 4.41. The fourth-order valence-corrected chi connectivity index (χ4v) is 3.69. The molecule has 3 aromatic heterocycles. The Hall–Kier alpha value is -2.97. The molecule has 0 aliphatic rings. The molecule has 3 N–H and O–H groups in total. The van der Waals surface area contributed by atoms with Crippen LogP contribution in [-0.4, -0.2) is 37.5 Å². The first-order chi connectivity index (χ1) is 13.2. The first-order valence-corrected chi connectivity index (χ1v) is 9.58. The smallest absolute Gasteiger partial charge is 0.273 e. The van der Waals surface area contributed by atoms with E-state index >= 15 is 0 Å². The van der Waals surface area contributed by atoms with Crippen LogP contribution in [0.25, 0.3) is 10.9 Å². The Labute approximate surface area is 159 Å². The predicted octanol–water partition coefficient (Wildman–Crippen LogP) is 2.53. The van der Waals surface area contributed by atoms with E-state index in [1.165, 1.54) is 21.4 Å². The molecule has 4 aromatic rings. The summed E-state index contributed by atoms with van der Waals surface area (Å²) >= 11 is 1.53. The molecule has 1 atom stereocenters. The molecule has 1 amide bonds. The molecule has 7 nitrogen and oxygen atoms in total. The standard InChI is InChI=1S/C19H19N5O2S/c25-18(14-6-8-27-12-14)11-24-10-17(22-23-24)19(26)20-7-5-13-9-21-16-4-2-1-3-15(13)16/h1-4,6,8-10,12,18,21,25H,5,7,11H2,(H,20,26). The van der Waals surface area contributed by atoms with E-state index in [1.807, 2.05) is 41.2 Å². The summed E-state index contributed by atoms with van der Waals surface area (Å²) in [6, 6.07) is 9.95. The van der Waals surface area contributed by atoms with E-state index in [0.717, 1.165) is 23.1 Å². The molecule has 138 valence electrons. The summed E-state index contributed by atoms with van der Waals surface area (Å²) in [7, 11) is 0. The van der Waals surface area contributed by atoms with Gasteiger partial charge in [-0.3, -0.25) is 4.79 Å². The number of rotatable bonds is 7. The molecule has 0 saturated heterocycles. The van der Waals surface area contributed by atoms with Crippen molar-refractivity contribution in [2.24, 2.45) is 0 Å². The number of para-hydroxylation sites is 1. The summed E-state index contributed by atoms with van der Waals surface area (Å²) < 4.78 is 1.48. The first-order valence-electron chi connectivity index (χ1n) is 8.64. The molecular weight excluding hydrogens is 362 g/mol. The summed E-state index contributed by atoms with van der Waals surface area (Å²) in [6.07, 6.45) is 3.58. The minimum absolute atomic E-state index is 0.242. The van der Waals surface area contributed by atoms with Crippen molar-refractivity contribution in [3.63, 3.8) is 0 Å². The zero-order valence-electron chi connectivity index (χ0n) is 14.5. The van der Waals surface area contributed by atoms with Crippen LogP contribution in [0, 0.1) is 0 Å². The van der Waals surface area contributed by atoms with Crippen molar-refractivity contribution < 1.29 is 9.90 Å². The molecule has 0 fully saturated rings. The monoisotopic (exact) mass is 381 g/mol. The summed E-state index contributed by atoms with van der Waals surface area (Å²) in [6.45, 7) is 0.761. The van der Waals surface area contributed by atoms with Crippen LogP contribution in [0.1, 0.15) is 27.7 Å². The highest BCUT2D eigenvalue weighted by Crippen LogP contribution is 2.18. The number of hydrogen-bond donors (Lipinski definition) is 3. The Kier molecular flexibility index (Phi) is 4.99. The Morgan fingerprint density at radius 1 is 1.33 bits per heavy atom. The van der Waals surface area contributed by atoms with Crippen molar-refractivity contribution in [2.45, 2.75) is 19.1 Å². The summed E-state index contributed by atoms with van der Waals surface area (Å²) in [5, 5.41) is 25.8. The van der Waals surface area contributed by atoms with E-state index in [1.54, 1.807) is 6.20 Å². The molecule has 4 rings (SSSR count). The van der Waals surface area contributed by atoms with Crippen LogP contribution in [0.5, 0.6) is 0 Å². The van der Waals surface area contributed by atoms with Crippen LogP contribution >= 0.6 is 11.3 Å². The van der Waals surface area contributed by atoms with Gasteiger partial charge in [-0.2, -0.15) is 11.3 Å². The number of carbonyl (C=O) groups is 1. The van der Waals surface area contributed by atoms with Crippen LogP contribution < -0.4 is 5.32 Å². The lowest BCUT2D eigenvalue weighted by atomic mass is 10.1. The normalized spacial score (nSPS) is 12.3. The van der Waals surface area contributed by atoms with Crippen LogP contribution in [0.3, 0.4) is 0 Å². The highest BCUT2D eigenvalue weighted by atomic mass is 32.1. The number of thiophene rings is 1. The van der Waals surface area contributed by atoms with Gasteiger partial charge < -0.3 is 15.4 Å². The van der Waals surface area contributed by atoms with Crippen LogP contribution in [0.15, 0.2) is 53.5 Å². The average Bonchev–Trinajstić information content (AvgIpc) is 3.43. The lowest BCUT2D eigenvalue weighted by Crippen LogP contribution is -2.26. The highest BCUT2D eigenvalue weighted by molar-refractivity contribution is 7.07. The Morgan fingerprint density at radius 3 is 3.07 bits per heavy atom. The molecule has 0 spiro atoms. The third kappa shape index (κ3) is 3.91. The molecule has 0 saturated carbocycles. The van der Waals surface area contributed by atoms with Gasteiger partial charge in [-0.15, -0.1) is 5.10 Å². The number of aromatic amines is 1. The van der Waals surface area contributed by atoms with E-state index in [9.17, 15) is 9.90 Å². The maximum atomic E-state index is 12.3. The van der Waals surface area contributed by atoms with Crippen molar-refractivity contribution in [3.8, 4) is 0 Å². The number of nitrogens with one attached hydrogen (secondary N) is 2. The molecule has 0 aliphatic carbocycles. The fraction of sp³-hybridized carbons (Fsp3) is 0.211. The van der Waals surface area contributed by atoms with Gasteiger partial charge in [-0.25, -0.2) is 4.68 Å². The van der Waals surface area contributed by atoms with Crippen LogP contribution in [-0.2, 0) is 13.0 Å². The Bertz CT molecular complexity index is 1040. The predicted molar refractivity (Wildman–Crippen MR) is 104 cm³/mol. The SMILES string of the molecule is O=C(NCCc1c[nH]c2ccccc12)c1cn(CC(O)c2ccsc2)nn1. The lowest BCUT2D eigenvalue weighted by Gasteiger charge is -2.07. The largest absolute Gasteiger partial charge is 0.386 e. The number of hydrogen-bond acceptors (Lipinski definition) is 5. The van der Waals surface area contributed by atoms with Crippen molar-refractivity contribution in [1.29, 1.82) is 0 Å². The van der Waals surface area contributed by atoms with E-state index < -0.39 is 6.10 Å². The third-order valence-corrected chi connectivity index (χ3v) is 5.12. The van der Waals surface area contributed by atoms with Gasteiger partial charge in [0.1, 0.15) is 0 Å². The zero-order valence-corrected chi connectivity index (χ0v) is 15.3. The van der Waals surface area contributed by atoms with E-state index in [0.29, 0.717) is 6.54 Å². The molecule has 0 aliphatic heterocycles. The van der Waals surface area contributed by atoms with Gasteiger partial charge in [-0.05, 0) is 40.4 Å². The van der Waals surface area contributed by atoms with Crippen molar-refractivity contribution in [2.75, 3.05) is 6.54 Å². The van der Waals surface area contributed by atoms with Gasteiger partial charge in [0.2, 0.25) is 0 Å². The summed E-state index contributed by atoms with van der Waals surface area (Å²) in [4.78, 5) is 15.5. The number of H-pyrrole nitrogens is 1. The number of benzene rings is 1. The zero-order chi connectivity index (χ0) is 18.6. The molecule has 0 bridgehead atoms. The van der Waals surface area contributed by atoms with E-state index in [-0.39, 0.29) is 18.1 Å². The van der Waals surface area contributed by atoms with Gasteiger partial charge in [0.15, 0.2) is 5.69 Å². The number of carbonyl (C=O) groups excluding carboxylic acids is 1. The molecular formula is C19H19N5O2S. The second-order valence-electron chi connectivity index (χ2n) is 6.26. The fourth-order valence-electron chi connectivity index (χ4n) is 2.98. The molecule has 27 heavy (non-hydrogen) atoms. The van der Waals surface area contributed by atoms with Crippen LogP contribution in [0.4, 0.5) is 0 Å². The van der Waals surface area contributed by atoms with Crippen LogP contribution in [0.2, 0.25) is 0 Å². The van der Waals surface area contributed by atoms with Crippen molar-refractivity contribution >= 4 is 28.1 Å². The average molecular weight is 381 g/mol. The van der Waals surface area contributed by atoms with Gasteiger partial charge >= 0.3 is 0 Å². The number of aliphatic hydroxyl groups excluding tert-OH is 1. The maximum Gasteiger partial charge on any atom is 0.273 e. The van der Waals surface area contributed by atoms with Crippen molar-refractivity contribution in [1.82, 2.24) is 25.3 Å². The van der Waals surface area contributed by atoms with E-state index in [2.05, 4.69) is 26.7 Å². The van der Waals surface area contributed by atoms with Gasteiger partial charge in [0.05, 0.1) is 18.8 Å². The molecule has 8 heteroatoms. The first kappa shape index (κ1) is 17.4. The van der Waals surface area contributed by atoms with Gasteiger partial charge in [0.25, 0.3) is 5.91 Å². The number of nitrogens with zero attached hydrogens (tertiary/aromatic N) is 3. The topological polar surface area (TPSA) is 95.8 Å². The highest BCUT2D eigenvalue weighted by Gasteiger charge is 2.14. The minimum atomic E-state index is -0.671. The Balaban J connectivity index is 1.31. The summed E-state index contributed by atoms with van der Waals surface area (Å²) in [5.41, 5.74) is 3.33. The summed E-state index contributed by atoms with van der Waals surface area (Å²) in [5.74, 6) is -0.272. The molecule has 1 aromatic carbocycles. The number of fused-ring (bicyclic) bond motifs is 1. The van der Waals surface area contributed by atoms with Gasteiger partial charge in [-0.1, -0.05) is 23.4 Å². The second kappa shape index (κ2) is 7.73.